The van der Waals surface area contributed by atoms with E-state index in [1.165, 1.54) is 12.8 Å². The van der Waals surface area contributed by atoms with Crippen molar-refractivity contribution in [3.05, 3.63) is 0 Å². The van der Waals surface area contributed by atoms with E-state index in [0.29, 0.717) is 13.1 Å². The highest BCUT2D eigenvalue weighted by Gasteiger charge is 2.17. The van der Waals surface area contributed by atoms with Crippen LogP contribution in [0.25, 0.3) is 0 Å². The Morgan fingerprint density at radius 3 is 2.44 bits per heavy atom. The molecule has 1 saturated heterocycles. The highest BCUT2D eigenvalue weighted by Crippen LogP contribution is 2.09. The largest absolute Gasteiger partial charge is 0.342 e. The van der Waals surface area contributed by atoms with Gasteiger partial charge in [-0.05, 0) is 19.4 Å². The number of hydrogen-bond donors (Lipinski definition) is 0. The molecule has 1 heterocycles. The Morgan fingerprint density at radius 2 is 1.94 bits per heavy atom. The number of nitrogens with zero attached hydrogens (tertiary/aromatic N) is 3. The van der Waals surface area contributed by atoms with Crippen LogP contribution in [0.2, 0.25) is 0 Å². The molecular formula is C12H21N3O. The van der Waals surface area contributed by atoms with Crippen molar-refractivity contribution < 1.29 is 4.79 Å². The molecule has 1 rings (SSSR count). The van der Waals surface area contributed by atoms with Crippen LogP contribution in [-0.4, -0.2) is 48.4 Å². The molecule has 4 heteroatoms. The van der Waals surface area contributed by atoms with Crippen LogP contribution in [0.15, 0.2) is 0 Å². The van der Waals surface area contributed by atoms with Crippen molar-refractivity contribution in [2.24, 2.45) is 0 Å². The SMILES string of the molecule is CCN(CC#N)CC(=O)N1CCCCCC1. The number of carbonyl (C=O) groups excluding carboxylic acids is 1. The third kappa shape index (κ3) is 4.19. The summed E-state index contributed by atoms with van der Waals surface area (Å²) in [5.41, 5.74) is 0. The topological polar surface area (TPSA) is 47.3 Å². The number of amides is 1. The maximum absolute atomic E-state index is 12.0. The molecular weight excluding hydrogens is 202 g/mol. The molecule has 0 spiro atoms. The molecule has 0 N–H and O–H groups in total. The van der Waals surface area contributed by atoms with Crippen molar-refractivity contribution in [2.45, 2.75) is 32.6 Å². The summed E-state index contributed by atoms with van der Waals surface area (Å²) in [6.07, 6.45) is 4.71. The molecule has 16 heavy (non-hydrogen) atoms. The molecule has 1 amide bonds. The van der Waals surface area contributed by atoms with Crippen molar-refractivity contribution in [2.75, 3.05) is 32.7 Å². The predicted octanol–water partition coefficient (Wildman–Crippen LogP) is 1.23. The monoisotopic (exact) mass is 223 g/mol. The summed E-state index contributed by atoms with van der Waals surface area (Å²) >= 11 is 0. The van der Waals surface area contributed by atoms with Gasteiger partial charge in [0.15, 0.2) is 0 Å². The molecule has 0 aromatic heterocycles. The zero-order valence-corrected chi connectivity index (χ0v) is 10.1. The van der Waals surface area contributed by atoms with Crippen LogP contribution in [-0.2, 0) is 4.79 Å². The van der Waals surface area contributed by atoms with Gasteiger partial charge in [0.25, 0.3) is 0 Å². The van der Waals surface area contributed by atoms with Crippen LogP contribution in [0.5, 0.6) is 0 Å². The van der Waals surface area contributed by atoms with Gasteiger partial charge < -0.3 is 4.90 Å². The first-order valence-corrected chi connectivity index (χ1v) is 6.15. The quantitative estimate of drug-likeness (QED) is 0.674. The Morgan fingerprint density at radius 1 is 1.31 bits per heavy atom. The van der Waals surface area contributed by atoms with Gasteiger partial charge in [0.1, 0.15) is 0 Å². The molecule has 1 fully saturated rings. The third-order valence-corrected chi connectivity index (χ3v) is 3.06. The Balaban J connectivity index is 2.40. The predicted molar refractivity (Wildman–Crippen MR) is 62.8 cm³/mol. The summed E-state index contributed by atoms with van der Waals surface area (Å²) in [6.45, 7) is 5.26. The van der Waals surface area contributed by atoms with Gasteiger partial charge in [-0.1, -0.05) is 19.8 Å². The van der Waals surface area contributed by atoms with Gasteiger partial charge >= 0.3 is 0 Å². The summed E-state index contributed by atoms with van der Waals surface area (Å²) in [5.74, 6) is 0.180. The van der Waals surface area contributed by atoms with Gasteiger partial charge in [-0.3, -0.25) is 9.69 Å². The molecule has 0 unspecified atom stereocenters. The number of carbonyl (C=O) groups is 1. The zero-order chi connectivity index (χ0) is 11.8. The lowest BCUT2D eigenvalue weighted by Crippen LogP contribution is -2.40. The average molecular weight is 223 g/mol. The van der Waals surface area contributed by atoms with E-state index in [9.17, 15) is 4.79 Å². The minimum atomic E-state index is 0.180. The highest BCUT2D eigenvalue weighted by molar-refractivity contribution is 5.78. The Bertz CT molecular complexity index is 251. The smallest absolute Gasteiger partial charge is 0.236 e. The van der Waals surface area contributed by atoms with E-state index in [4.69, 9.17) is 5.26 Å². The Hall–Kier alpha value is -1.08. The lowest BCUT2D eigenvalue weighted by atomic mass is 10.2. The summed E-state index contributed by atoms with van der Waals surface area (Å²) in [4.78, 5) is 15.8. The Kier molecular flexibility index (Phi) is 5.87. The average Bonchev–Trinajstić information content (AvgIpc) is 2.56. The van der Waals surface area contributed by atoms with Crippen LogP contribution in [0.4, 0.5) is 0 Å². The van der Waals surface area contributed by atoms with E-state index in [1.54, 1.807) is 0 Å². The molecule has 0 aliphatic carbocycles. The number of likely N-dealkylation sites (N-methyl/N-ethyl adjacent to an activating group) is 1. The summed E-state index contributed by atoms with van der Waals surface area (Å²) < 4.78 is 0. The van der Waals surface area contributed by atoms with E-state index in [2.05, 4.69) is 6.07 Å². The van der Waals surface area contributed by atoms with Crippen molar-refractivity contribution >= 4 is 5.91 Å². The van der Waals surface area contributed by atoms with Crippen molar-refractivity contribution in [3.63, 3.8) is 0 Å². The van der Waals surface area contributed by atoms with E-state index >= 15 is 0 Å². The fourth-order valence-electron chi connectivity index (χ4n) is 1.99. The van der Waals surface area contributed by atoms with Crippen molar-refractivity contribution in [1.29, 1.82) is 5.26 Å². The van der Waals surface area contributed by atoms with Crippen LogP contribution in [0.1, 0.15) is 32.6 Å². The second-order valence-electron chi connectivity index (χ2n) is 4.26. The maximum Gasteiger partial charge on any atom is 0.236 e. The van der Waals surface area contributed by atoms with E-state index < -0.39 is 0 Å². The molecule has 1 aliphatic heterocycles. The minimum absolute atomic E-state index is 0.180. The van der Waals surface area contributed by atoms with Gasteiger partial charge in [0.2, 0.25) is 5.91 Å². The second kappa shape index (κ2) is 7.24. The zero-order valence-electron chi connectivity index (χ0n) is 10.1. The first-order chi connectivity index (χ1) is 7.77. The van der Waals surface area contributed by atoms with Gasteiger partial charge in [-0.15, -0.1) is 0 Å². The Labute approximate surface area is 97.8 Å². The van der Waals surface area contributed by atoms with Crippen LogP contribution in [0.3, 0.4) is 0 Å². The standard InChI is InChI=1S/C12H21N3O/c1-2-14(10-7-13)11-12(16)15-8-5-3-4-6-9-15/h2-6,8-11H2,1H3. The molecule has 0 saturated carbocycles. The molecule has 0 aromatic carbocycles. The second-order valence-corrected chi connectivity index (χ2v) is 4.26. The van der Waals surface area contributed by atoms with Crippen molar-refractivity contribution in [1.82, 2.24) is 9.80 Å². The van der Waals surface area contributed by atoms with Crippen LogP contribution < -0.4 is 0 Å². The summed E-state index contributed by atoms with van der Waals surface area (Å²) in [7, 11) is 0. The van der Waals surface area contributed by atoms with E-state index in [-0.39, 0.29) is 5.91 Å². The molecule has 0 bridgehead atoms. The number of likely N-dealkylation sites (tertiary alicyclic amines) is 1. The molecule has 0 aromatic rings. The molecule has 1 aliphatic rings. The maximum atomic E-state index is 12.0. The molecule has 90 valence electrons. The molecule has 4 nitrogen and oxygen atoms in total. The van der Waals surface area contributed by atoms with E-state index in [0.717, 1.165) is 32.5 Å². The van der Waals surface area contributed by atoms with Gasteiger partial charge in [0, 0.05) is 13.1 Å². The molecule has 0 radical (unpaired) electrons. The van der Waals surface area contributed by atoms with Crippen LogP contribution in [0, 0.1) is 11.3 Å². The normalized spacial score (nSPS) is 16.9. The minimum Gasteiger partial charge on any atom is -0.342 e. The number of nitriles is 1. The van der Waals surface area contributed by atoms with Gasteiger partial charge in [-0.2, -0.15) is 5.26 Å². The number of rotatable bonds is 4. The van der Waals surface area contributed by atoms with E-state index in [1.807, 2.05) is 16.7 Å². The first kappa shape index (κ1) is 13.0. The highest BCUT2D eigenvalue weighted by atomic mass is 16.2. The lowest BCUT2D eigenvalue weighted by molar-refractivity contribution is -0.132. The van der Waals surface area contributed by atoms with Crippen LogP contribution >= 0.6 is 0 Å². The summed E-state index contributed by atoms with van der Waals surface area (Å²) in [5, 5.41) is 8.62. The first-order valence-electron chi connectivity index (χ1n) is 6.15. The lowest BCUT2D eigenvalue weighted by Gasteiger charge is -2.24. The van der Waals surface area contributed by atoms with Crippen molar-refractivity contribution in [3.8, 4) is 6.07 Å². The third-order valence-electron chi connectivity index (χ3n) is 3.06. The van der Waals surface area contributed by atoms with Gasteiger partial charge in [0.05, 0.1) is 19.2 Å². The number of hydrogen-bond acceptors (Lipinski definition) is 3. The summed E-state index contributed by atoms with van der Waals surface area (Å²) in [6, 6.07) is 2.09. The fourth-order valence-corrected chi connectivity index (χ4v) is 1.99. The fraction of sp³-hybridized carbons (Fsp3) is 0.833. The van der Waals surface area contributed by atoms with Gasteiger partial charge in [-0.25, -0.2) is 0 Å². The molecule has 0 atom stereocenters.